The average Bonchev–Trinajstić information content (AvgIpc) is 3.16. The SMILES string of the molecule is C#CCNC(=NCc1ccc(S(=O)(=O)NCC2CCCO2)cc1)NCC. The Morgan fingerprint density at radius 1 is 1.35 bits per heavy atom. The van der Waals surface area contributed by atoms with E-state index >= 15 is 0 Å². The maximum atomic E-state index is 12.3. The lowest BCUT2D eigenvalue weighted by Gasteiger charge is -2.12. The predicted molar refractivity (Wildman–Crippen MR) is 102 cm³/mol. The Hall–Kier alpha value is -2.08. The van der Waals surface area contributed by atoms with Gasteiger partial charge in [0.25, 0.3) is 0 Å². The van der Waals surface area contributed by atoms with Crippen LogP contribution in [-0.2, 0) is 21.3 Å². The number of nitrogens with zero attached hydrogens (tertiary/aromatic N) is 1. The first-order chi connectivity index (χ1) is 12.5. The Morgan fingerprint density at radius 2 is 2.12 bits per heavy atom. The van der Waals surface area contributed by atoms with Gasteiger partial charge in [-0.3, -0.25) is 0 Å². The topological polar surface area (TPSA) is 91.8 Å². The van der Waals surface area contributed by atoms with Crippen LogP contribution in [0.15, 0.2) is 34.2 Å². The highest BCUT2D eigenvalue weighted by Crippen LogP contribution is 2.14. The largest absolute Gasteiger partial charge is 0.377 e. The van der Waals surface area contributed by atoms with Gasteiger partial charge in [0.05, 0.1) is 24.1 Å². The monoisotopic (exact) mass is 378 g/mol. The molecule has 1 fully saturated rings. The van der Waals surface area contributed by atoms with E-state index in [0.717, 1.165) is 24.9 Å². The molecule has 1 atom stereocenters. The van der Waals surface area contributed by atoms with Crippen LogP contribution in [0.1, 0.15) is 25.3 Å². The van der Waals surface area contributed by atoms with Crippen LogP contribution < -0.4 is 15.4 Å². The third kappa shape index (κ3) is 6.33. The van der Waals surface area contributed by atoms with Gasteiger partial charge in [0.2, 0.25) is 10.0 Å². The maximum Gasteiger partial charge on any atom is 0.240 e. The van der Waals surface area contributed by atoms with E-state index in [0.29, 0.717) is 32.2 Å². The molecule has 8 heteroatoms. The zero-order valence-corrected chi connectivity index (χ0v) is 15.8. The fourth-order valence-corrected chi connectivity index (χ4v) is 3.58. The number of guanidine groups is 1. The van der Waals surface area contributed by atoms with Crippen molar-refractivity contribution in [3.8, 4) is 12.3 Å². The molecule has 26 heavy (non-hydrogen) atoms. The second kappa shape index (κ2) is 10.2. The lowest BCUT2D eigenvalue weighted by atomic mass is 10.2. The Morgan fingerprint density at radius 3 is 2.73 bits per heavy atom. The van der Waals surface area contributed by atoms with Gasteiger partial charge >= 0.3 is 0 Å². The number of nitrogens with one attached hydrogen (secondary N) is 3. The van der Waals surface area contributed by atoms with Crippen molar-refractivity contribution in [2.45, 2.75) is 37.3 Å². The smallest absolute Gasteiger partial charge is 0.240 e. The number of sulfonamides is 1. The van der Waals surface area contributed by atoms with E-state index in [2.05, 4.69) is 26.3 Å². The number of rotatable bonds is 8. The second-order valence-electron chi connectivity index (χ2n) is 5.88. The van der Waals surface area contributed by atoms with E-state index in [1.807, 2.05) is 6.92 Å². The zero-order valence-electron chi connectivity index (χ0n) is 15.0. The third-order valence-electron chi connectivity index (χ3n) is 3.88. The minimum atomic E-state index is -3.53. The summed E-state index contributed by atoms with van der Waals surface area (Å²) in [5.74, 6) is 3.12. The Balaban J connectivity index is 1.94. The highest BCUT2D eigenvalue weighted by molar-refractivity contribution is 7.89. The van der Waals surface area contributed by atoms with Crippen LogP contribution in [0.25, 0.3) is 0 Å². The fourth-order valence-electron chi connectivity index (χ4n) is 2.51. The van der Waals surface area contributed by atoms with Crippen LogP contribution in [0.4, 0.5) is 0 Å². The molecule has 0 amide bonds. The molecular weight excluding hydrogens is 352 g/mol. The van der Waals surface area contributed by atoms with Crippen LogP contribution in [0.3, 0.4) is 0 Å². The molecular formula is C18H26N4O3S. The lowest BCUT2D eigenvalue weighted by molar-refractivity contribution is 0.114. The van der Waals surface area contributed by atoms with Gasteiger partial charge < -0.3 is 15.4 Å². The Bertz CT molecular complexity index is 733. The first-order valence-electron chi connectivity index (χ1n) is 8.71. The van der Waals surface area contributed by atoms with Gasteiger partial charge in [-0.2, -0.15) is 0 Å². The minimum Gasteiger partial charge on any atom is -0.377 e. The van der Waals surface area contributed by atoms with Crippen molar-refractivity contribution in [1.82, 2.24) is 15.4 Å². The second-order valence-corrected chi connectivity index (χ2v) is 7.65. The first kappa shape index (κ1) is 20.2. The van der Waals surface area contributed by atoms with Gasteiger partial charge in [0.1, 0.15) is 0 Å². The lowest BCUT2D eigenvalue weighted by Crippen LogP contribution is -2.37. The molecule has 0 saturated carbocycles. The number of benzene rings is 1. The molecule has 1 aliphatic rings. The number of terminal acetylenes is 1. The Kier molecular flexibility index (Phi) is 7.91. The highest BCUT2D eigenvalue weighted by Gasteiger charge is 2.20. The van der Waals surface area contributed by atoms with Crippen LogP contribution >= 0.6 is 0 Å². The Labute approximate surface area is 155 Å². The van der Waals surface area contributed by atoms with Crippen molar-refractivity contribution < 1.29 is 13.2 Å². The van der Waals surface area contributed by atoms with E-state index in [4.69, 9.17) is 11.2 Å². The molecule has 1 heterocycles. The summed E-state index contributed by atoms with van der Waals surface area (Å²) in [5.41, 5.74) is 0.904. The third-order valence-corrected chi connectivity index (χ3v) is 5.32. The van der Waals surface area contributed by atoms with Gasteiger partial charge in [-0.25, -0.2) is 18.1 Å². The molecule has 0 aliphatic carbocycles. The number of ether oxygens (including phenoxy) is 1. The molecule has 1 saturated heterocycles. The van der Waals surface area contributed by atoms with Crippen LogP contribution in [0, 0.1) is 12.3 Å². The van der Waals surface area contributed by atoms with Gasteiger partial charge in [-0.05, 0) is 37.5 Å². The number of hydrogen-bond donors (Lipinski definition) is 3. The van der Waals surface area contributed by atoms with Crippen LogP contribution in [-0.4, -0.2) is 46.7 Å². The van der Waals surface area contributed by atoms with Gasteiger partial charge in [-0.1, -0.05) is 18.1 Å². The molecule has 7 nitrogen and oxygen atoms in total. The minimum absolute atomic E-state index is 0.0293. The van der Waals surface area contributed by atoms with Crippen molar-refractivity contribution in [3.63, 3.8) is 0 Å². The molecule has 0 radical (unpaired) electrons. The first-order valence-corrected chi connectivity index (χ1v) is 10.2. The van der Waals surface area contributed by atoms with Gasteiger partial charge in [-0.15, -0.1) is 6.42 Å². The van der Waals surface area contributed by atoms with Crippen molar-refractivity contribution in [2.75, 3.05) is 26.2 Å². The molecule has 142 valence electrons. The summed E-state index contributed by atoms with van der Waals surface area (Å²) < 4.78 is 32.7. The molecule has 1 aliphatic heterocycles. The molecule has 3 N–H and O–H groups in total. The van der Waals surface area contributed by atoms with Crippen molar-refractivity contribution in [1.29, 1.82) is 0 Å². The summed E-state index contributed by atoms with van der Waals surface area (Å²) in [4.78, 5) is 4.66. The summed E-state index contributed by atoms with van der Waals surface area (Å²) in [7, 11) is -3.53. The predicted octanol–water partition coefficient (Wildman–Crippen LogP) is 0.832. The quantitative estimate of drug-likeness (QED) is 0.354. The molecule has 0 aromatic heterocycles. The number of hydrogen-bond acceptors (Lipinski definition) is 4. The van der Waals surface area contributed by atoms with Crippen LogP contribution in [0.5, 0.6) is 0 Å². The summed E-state index contributed by atoms with van der Waals surface area (Å²) in [5, 5.41) is 6.10. The molecule has 1 aromatic rings. The van der Waals surface area contributed by atoms with Gasteiger partial charge in [0.15, 0.2) is 5.96 Å². The highest BCUT2D eigenvalue weighted by atomic mass is 32.2. The van der Waals surface area contributed by atoms with Crippen molar-refractivity contribution in [3.05, 3.63) is 29.8 Å². The van der Waals surface area contributed by atoms with Gasteiger partial charge in [0, 0.05) is 19.7 Å². The standard InChI is InChI=1S/C18H26N4O3S/c1-3-11-20-18(19-4-2)21-13-15-7-9-17(10-8-15)26(23,24)22-14-16-6-5-12-25-16/h1,7-10,16,22H,4-6,11-14H2,2H3,(H2,19,20,21). The van der Waals surface area contributed by atoms with E-state index in [1.165, 1.54) is 0 Å². The fraction of sp³-hybridized carbons (Fsp3) is 0.500. The zero-order chi connectivity index (χ0) is 18.8. The average molecular weight is 378 g/mol. The molecule has 0 bridgehead atoms. The van der Waals surface area contributed by atoms with Crippen molar-refractivity contribution in [2.24, 2.45) is 4.99 Å². The summed E-state index contributed by atoms with van der Waals surface area (Å²) in [6.45, 7) is 4.51. The van der Waals surface area contributed by atoms with E-state index < -0.39 is 10.0 Å². The van der Waals surface area contributed by atoms with E-state index in [-0.39, 0.29) is 11.0 Å². The van der Waals surface area contributed by atoms with Crippen molar-refractivity contribution >= 4 is 16.0 Å². The van der Waals surface area contributed by atoms with E-state index in [1.54, 1.807) is 24.3 Å². The molecule has 1 aromatic carbocycles. The number of aliphatic imine (C=N–C) groups is 1. The summed E-state index contributed by atoms with van der Waals surface area (Å²) in [6, 6.07) is 6.69. The summed E-state index contributed by atoms with van der Waals surface area (Å²) >= 11 is 0. The molecule has 0 spiro atoms. The normalized spacial score (nSPS) is 17.7. The summed E-state index contributed by atoms with van der Waals surface area (Å²) in [6.07, 6.45) is 7.08. The van der Waals surface area contributed by atoms with Crippen LogP contribution in [0.2, 0.25) is 0 Å². The van der Waals surface area contributed by atoms with E-state index in [9.17, 15) is 8.42 Å². The maximum absolute atomic E-state index is 12.3. The molecule has 1 unspecified atom stereocenters. The molecule has 2 rings (SSSR count).